The first-order chi connectivity index (χ1) is 11.1. The number of carbonyl (C=O) groups excluding carboxylic acids is 1. The number of nitrogens with one attached hydrogen (secondary N) is 3. The van der Waals surface area contributed by atoms with Crippen LogP contribution in [0.25, 0.3) is 11.3 Å². The lowest BCUT2D eigenvalue weighted by molar-refractivity contribution is -0.384. The molecule has 1 saturated heterocycles. The maximum atomic E-state index is 12.2. The quantitative estimate of drug-likeness (QED) is 0.578. The molecule has 0 atom stereocenters. The Labute approximate surface area is 144 Å². The predicted molar refractivity (Wildman–Crippen MR) is 92.1 cm³/mol. The molecule has 8 nitrogen and oxygen atoms in total. The molecule has 9 heteroatoms. The molecule has 2 aromatic rings. The van der Waals surface area contributed by atoms with Gasteiger partial charge in [-0.2, -0.15) is 5.10 Å². The van der Waals surface area contributed by atoms with Crippen LogP contribution in [0.3, 0.4) is 0 Å². The molecule has 0 unspecified atom stereocenters. The summed E-state index contributed by atoms with van der Waals surface area (Å²) in [6.45, 7) is 1.69. The zero-order chi connectivity index (χ0) is 16.2. The van der Waals surface area contributed by atoms with Crippen LogP contribution in [0.2, 0.25) is 0 Å². The number of aromatic nitrogens is 2. The molecule has 1 amide bonds. The third-order valence-electron chi connectivity index (χ3n) is 3.91. The highest BCUT2D eigenvalue weighted by molar-refractivity contribution is 5.92. The molecule has 0 bridgehead atoms. The summed E-state index contributed by atoms with van der Waals surface area (Å²) in [5.41, 5.74) is 1.28. The molecule has 1 fully saturated rings. The molecule has 3 rings (SSSR count). The second kappa shape index (κ2) is 7.89. The van der Waals surface area contributed by atoms with Crippen LogP contribution in [-0.2, 0) is 4.79 Å². The van der Waals surface area contributed by atoms with Crippen LogP contribution < -0.4 is 10.6 Å². The van der Waals surface area contributed by atoms with E-state index >= 15 is 0 Å². The van der Waals surface area contributed by atoms with Crippen LogP contribution >= 0.6 is 12.4 Å². The molecule has 0 spiro atoms. The average molecular weight is 352 g/mol. The number of amides is 1. The molecule has 3 N–H and O–H groups in total. The van der Waals surface area contributed by atoms with Gasteiger partial charge in [-0.15, -0.1) is 12.4 Å². The van der Waals surface area contributed by atoms with Crippen molar-refractivity contribution in [3.63, 3.8) is 0 Å². The fraction of sp³-hybridized carbons (Fsp3) is 0.333. The number of nitro groups is 1. The molecule has 0 aliphatic carbocycles. The third kappa shape index (κ3) is 4.09. The molecule has 1 aromatic carbocycles. The zero-order valence-corrected chi connectivity index (χ0v) is 13.6. The number of H-pyrrole nitrogens is 1. The van der Waals surface area contributed by atoms with E-state index in [0.717, 1.165) is 25.9 Å². The van der Waals surface area contributed by atoms with Crippen molar-refractivity contribution >= 4 is 29.8 Å². The standard InChI is InChI=1S/C15H17N5O3.ClH/c21-15(10-4-6-16-7-5-10)17-14-9-13(18-19-14)11-2-1-3-12(8-11)20(22)23;/h1-3,8-10,16H,4-7H2,(H2,17,18,19,21);1H. The average Bonchev–Trinajstić information content (AvgIpc) is 3.04. The van der Waals surface area contributed by atoms with E-state index in [1.807, 2.05) is 0 Å². The highest BCUT2D eigenvalue weighted by atomic mass is 35.5. The summed E-state index contributed by atoms with van der Waals surface area (Å²) in [5, 5.41) is 23.7. The number of benzene rings is 1. The van der Waals surface area contributed by atoms with E-state index in [2.05, 4.69) is 20.8 Å². The fourth-order valence-electron chi connectivity index (χ4n) is 2.63. The Morgan fingerprint density at radius 3 is 2.75 bits per heavy atom. The van der Waals surface area contributed by atoms with Crippen LogP contribution in [0.4, 0.5) is 11.5 Å². The van der Waals surface area contributed by atoms with Gasteiger partial charge in [0.25, 0.3) is 5.69 Å². The van der Waals surface area contributed by atoms with Gasteiger partial charge in [0.15, 0.2) is 5.82 Å². The number of carbonyl (C=O) groups is 1. The lowest BCUT2D eigenvalue weighted by atomic mass is 9.97. The minimum Gasteiger partial charge on any atom is -0.317 e. The second-order valence-electron chi connectivity index (χ2n) is 5.49. The number of piperidine rings is 1. The summed E-state index contributed by atoms with van der Waals surface area (Å²) >= 11 is 0. The number of rotatable bonds is 4. The van der Waals surface area contributed by atoms with Gasteiger partial charge in [0.05, 0.1) is 10.6 Å². The summed E-state index contributed by atoms with van der Waals surface area (Å²) in [5.74, 6) is 0.382. The number of nitro benzene ring substituents is 1. The molecule has 128 valence electrons. The molecule has 0 saturated carbocycles. The Hall–Kier alpha value is -2.45. The first-order valence-corrected chi connectivity index (χ1v) is 7.45. The minimum absolute atomic E-state index is 0. The van der Waals surface area contributed by atoms with E-state index < -0.39 is 4.92 Å². The summed E-state index contributed by atoms with van der Waals surface area (Å²) in [6.07, 6.45) is 1.63. The Morgan fingerprint density at radius 1 is 1.29 bits per heavy atom. The maximum Gasteiger partial charge on any atom is 0.270 e. The molecule has 1 aliphatic heterocycles. The maximum absolute atomic E-state index is 12.2. The van der Waals surface area contributed by atoms with E-state index in [1.54, 1.807) is 18.2 Å². The summed E-state index contributed by atoms with van der Waals surface area (Å²) < 4.78 is 0. The van der Waals surface area contributed by atoms with Gasteiger partial charge in [-0.25, -0.2) is 0 Å². The SMILES string of the molecule is Cl.O=C(Nc1cc(-c2cccc([N+](=O)[O-])c2)[nH]n1)C1CCNCC1. The highest BCUT2D eigenvalue weighted by Crippen LogP contribution is 2.24. The molecule has 0 radical (unpaired) electrons. The highest BCUT2D eigenvalue weighted by Gasteiger charge is 2.21. The number of nitrogens with zero attached hydrogens (tertiary/aromatic N) is 2. The summed E-state index contributed by atoms with van der Waals surface area (Å²) in [4.78, 5) is 22.6. The second-order valence-corrected chi connectivity index (χ2v) is 5.49. The van der Waals surface area contributed by atoms with E-state index in [-0.39, 0.29) is 29.9 Å². The number of aromatic amines is 1. The number of non-ortho nitro benzene ring substituents is 1. The van der Waals surface area contributed by atoms with Crippen molar-refractivity contribution in [3.05, 3.63) is 40.4 Å². The smallest absolute Gasteiger partial charge is 0.270 e. The number of halogens is 1. The normalized spacial score (nSPS) is 14.7. The first kappa shape index (κ1) is 17.9. The van der Waals surface area contributed by atoms with Crippen molar-refractivity contribution in [1.29, 1.82) is 0 Å². The van der Waals surface area contributed by atoms with Gasteiger partial charge < -0.3 is 10.6 Å². The van der Waals surface area contributed by atoms with E-state index in [4.69, 9.17) is 0 Å². The molecule has 24 heavy (non-hydrogen) atoms. The van der Waals surface area contributed by atoms with Crippen LogP contribution in [0.15, 0.2) is 30.3 Å². The van der Waals surface area contributed by atoms with Crippen molar-refractivity contribution in [2.45, 2.75) is 12.8 Å². The van der Waals surface area contributed by atoms with Gasteiger partial charge in [0.2, 0.25) is 5.91 Å². The van der Waals surface area contributed by atoms with Gasteiger partial charge in [-0.05, 0) is 25.9 Å². The topological polar surface area (TPSA) is 113 Å². The van der Waals surface area contributed by atoms with Crippen LogP contribution in [0.5, 0.6) is 0 Å². The van der Waals surface area contributed by atoms with E-state index in [9.17, 15) is 14.9 Å². The van der Waals surface area contributed by atoms with Crippen LogP contribution in [0, 0.1) is 16.0 Å². The lowest BCUT2D eigenvalue weighted by Crippen LogP contribution is -2.34. The van der Waals surface area contributed by atoms with E-state index in [1.165, 1.54) is 12.1 Å². The Balaban J connectivity index is 0.00000208. The van der Waals surface area contributed by atoms with E-state index in [0.29, 0.717) is 17.1 Å². The van der Waals surface area contributed by atoms with Gasteiger partial charge in [0.1, 0.15) is 0 Å². The van der Waals surface area contributed by atoms with Crippen molar-refractivity contribution < 1.29 is 9.72 Å². The van der Waals surface area contributed by atoms with Gasteiger partial charge in [-0.3, -0.25) is 20.0 Å². The summed E-state index contributed by atoms with van der Waals surface area (Å²) in [6, 6.07) is 7.93. The monoisotopic (exact) mass is 351 g/mol. The van der Waals surface area contributed by atoms with Crippen LogP contribution in [-0.4, -0.2) is 34.1 Å². The molecular formula is C15H18ClN5O3. The lowest BCUT2D eigenvalue weighted by Gasteiger charge is -2.21. The molecular weight excluding hydrogens is 334 g/mol. The summed E-state index contributed by atoms with van der Waals surface area (Å²) in [7, 11) is 0. The Kier molecular flexibility index (Phi) is 5.88. The minimum atomic E-state index is -0.445. The van der Waals surface area contributed by atoms with Crippen molar-refractivity contribution in [3.8, 4) is 11.3 Å². The number of hydrogen-bond donors (Lipinski definition) is 3. The van der Waals surface area contributed by atoms with Gasteiger partial charge in [-0.1, -0.05) is 12.1 Å². The largest absolute Gasteiger partial charge is 0.317 e. The van der Waals surface area contributed by atoms with Crippen molar-refractivity contribution in [2.75, 3.05) is 18.4 Å². The fourth-order valence-corrected chi connectivity index (χ4v) is 2.63. The zero-order valence-electron chi connectivity index (χ0n) is 12.8. The van der Waals surface area contributed by atoms with Crippen molar-refractivity contribution in [1.82, 2.24) is 15.5 Å². The Morgan fingerprint density at radius 2 is 2.04 bits per heavy atom. The van der Waals surface area contributed by atoms with Gasteiger partial charge >= 0.3 is 0 Å². The Bertz CT molecular complexity index is 727. The van der Waals surface area contributed by atoms with Crippen LogP contribution in [0.1, 0.15) is 12.8 Å². The third-order valence-corrected chi connectivity index (χ3v) is 3.91. The molecule has 2 heterocycles. The predicted octanol–water partition coefficient (Wildman–Crippen LogP) is 2.34. The molecule has 1 aliphatic rings. The number of hydrogen-bond acceptors (Lipinski definition) is 5. The van der Waals surface area contributed by atoms with Gasteiger partial charge in [0, 0.05) is 29.7 Å². The molecule has 1 aromatic heterocycles. The number of anilines is 1. The first-order valence-electron chi connectivity index (χ1n) is 7.45. The van der Waals surface area contributed by atoms with Crippen molar-refractivity contribution in [2.24, 2.45) is 5.92 Å².